The first-order valence-corrected chi connectivity index (χ1v) is 11.3. The summed E-state index contributed by atoms with van der Waals surface area (Å²) in [6, 6.07) is 8.40. The van der Waals surface area contributed by atoms with Gasteiger partial charge in [-0.3, -0.25) is 0 Å². The van der Waals surface area contributed by atoms with Crippen LogP contribution in [0.25, 0.3) is 0 Å². The molecule has 1 aromatic rings. The standard InChI is InChI=1S/C18H30O4S.C2H7NO/c1-2-3-4-5-6-7-8-9-10-14-17-21-23(19,20)22-18-15-12-11-13-16-18;3-1-2-4/h11-13,15-16H,2-10,14,17H2,1H3;4H,1-3H2. The average molecular weight is 404 g/mol. The molecule has 1 aromatic carbocycles. The lowest BCUT2D eigenvalue weighted by Gasteiger charge is -2.07. The van der Waals surface area contributed by atoms with Crippen LogP contribution in [0.2, 0.25) is 0 Å². The molecule has 0 radical (unpaired) electrons. The number of aliphatic hydroxyl groups excluding tert-OH is 1. The SMILES string of the molecule is CCCCCCCCCCCCOS(=O)(=O)Oc1ccccc1.NCCO. The molecule has 0 aliphatic rings. The van der Waals surface area contributed by atoms with Crippen LogP contribution in [0.5, 0.6) is 5.75 Å². The zero-order valence-corrected chi connectivity index (χ0v) is 17.5. The third-order valence-electron chi connectivity index (χ3n) is 3.80. The fourth-order valence-electron chi connectivity index (χ4n) is 2.37. The highest BCUT2D eigenvalue weighted by atomic mass is 32.3. The van der Waals surface area contributed by atoms with E-state index in [2.05, 4.69) is 6.92 Å². The summed E-state index contributed by atoms with van der Waals surface area (Å²) in [5.41, 5.74) is 4.78. The van der Waals surface area contributed by atoms with Crippen molar-refractivity contribution >= 4 is 10.4 Å². The second-order valence-electron chi connectivity index (χ2n) is 6.32. The van der Waals surface area contributed by atoms with Gasteiger partial charge in [-0.05, 0) is 18.6 Å². The van der Waals surface area contributed by atoms with Gasteiger partial charge in [0.25, 0.3) is 0 Å². The maximum Gasteiger partial charge on any atom is 0.449 e. The third kappa shape index (κ3) is 18.0. The highest BCUT2D eigenvalue weighted by Gasteiger charge is 2.12. The van der Waals surface area contributed by atoms with E-state index in [1.807, 2.05) is 0 Å². The van der Waals surface area contributed by atoms with Crippen molar-refractivity contribution < 1.29 is 21.9 Å². The molecule has 6 nitrogen and oxygen atoms in total. The summed E-state index contributed by atoms with van der Waals surface area (Å²) >= 11 is 0. The predicted molar refractivity (Wildman–Crippen MR) is 110 cm³/mol. The van der Waals surface area contributed by atoms with E-state index >= 15 is 0 Å². The maximum absolute atomic E-state index is 11.6. The van der Waals surface area contributed by atoms with E-state index in [-0.39, 0.29) is 19.0 Å². The molecular formula is C20H37NO5S. The first kappa shape index (κ1) is 25.9. The Morgan fingerprint density at radius 3 is 1.85 bits per heavy atom. The summed E-state index contributed by atoms with van der Waals surface area (Å²) in [4.78, 5) is 0. The lowest BCUT2D eigenvalue weighted by atomic mass is 10.1. The molecule has 0 bridgehead atoms. The minimum Gasteiger partial charge on any atom is -0.395 e. The van der Waals surface area contributed by atoms with Gasteiger partial charge in [-0.25, -0.2) is 4.18 Å². The zero-order chi connectivity index (χ0) is 20.2. The third-order valence-corrected chi connectivity index (χ3v) is 4.65. The first-order chi connectivity index (χ1) is 13.1. The van der Waals surface area contributed by atoms with Crippen LogP contribution in [-0.4, -0.2) is 33.3 Å². The van der Waals surface area contributed by atoms with Crippen molar-refractivity contribution in [3.63, 3.8) is 0 Å². The van der Waals surface area contributed by atoms with Crippen molar-refractivity contribution in [3.05, 3.63) is 30.3 Å². The van der Waals surface area contributed by atoms with Gasteiger partial charge < -0.3 is 15.0 Å². The van der Waals surface area contributed by atoms with Gasteiger partial charge in [0.05, 0.1) is 13.2 Å². The number of unbranched alkanes of at least 4 members (excludes halogenated alkanes) is 9. The predicted octanol–water partition coefficient (Wildman–Crippen LogP) is 4.19. The number of nitrogens with two attached hydrogens (primary N) is 1. The Bertz CT molecular complexity index is 520. The van der Waals surface area contributed by atoms with Crippen LogP contribution < -0.4 is 9.92 Å². The molecule has 0 saturated heterocycles. The van der Waals surface area contributed by atoms with Crippen molar-refractivity contribution in [2.45, 2.75) is 71.1 Å². The van der Waals surface area contributed by atoms with Gasteiger partial charge in [0, 0.05) is 6.54 Å². The lowest BCUT2D eigenvalue weighted by Crippen LogP contribution is -2.14. The van der Waals surface area contributed by atoms with E-state index in [9.17, 15) is 8.42 Å². The molecule has 0 aliphatic heterocycles. The van der Waals surface area contributed by atoms with Crippen molar-refractivity contribution in [3.8, 4) is 5.75 Å². The molecule has 0 spiro atoms. The van der Waals surface area contributed by atoms with E-state index in [0.717, 1.165) is 19.3 Å². The van der Waals surface area contributed by atoms with E-state index in [1.54, 1.807) is 30.3 Å². The van der Waals surface area contributed by atoms with E-state index in [4.69, 9.17) is 19.2 Å². The Morgan fingerprint density at radius 1 is 0.889 bits per heavy atom. The van der Waals surface area contributed by atoms with Crippen molar-refractivity contribution in [1.29, 1.82) is 0 Å². The largest absolute Gasteiger partial charge is 0.449 e. The molecule has 0 aliphatic carbocycles. The van der Waals surface area contributed by atoms with Crippen LogP contribution >= 0.6 is 0 Å². The van der Waals surface area contributed by atoms with Gasteiger partial charge >= 0.3 is 10.4 Å². The Labute approximate surface area is 165 Å². The summed E-state index contributed by atoms with van der Waals surface area (Å²) in [5, 5.41) is 7.75. The zero-order valence-electron chi connectivity index (χ0n) is 16.6. The fourth-order valence-corrected chi connectivity index (χ4v) is 3.09. The molecule has 0 saturated carbocycles. The van der Waals surface area contributed by atoms with Gasteiger partial charge in [0.2, 0.25) is 0 Å². The molecule has 0 amide bonds. The Balaban J connectivity index is 0.00000153. The molecule has 1 rings (SSSR count). The number of hydrogen-bond donors (Lipinski definition) is 2. The van der Waals surface area contributed by atoms with Gasteiger partial charge in [-0.1, -0.05) is 82.9 Å². The minimum atomic E-state index is -3.94. The van der Waals surface area contributed by atoms with E-state index < -0.39 is 10.4 Å². The van der Waals surface area contributed by atoms with Crippen molar-refractivity contribution in [2.24, 2.45) is 5.73 Å². The number of aliphatic hydroxyl groups is 1. The molecule has 0 fully saturated rings. The molecule has 158 valence electrons. The molecule has 0 heterocycles. The monoisotopic (exact) mass is 403 g/mol. The highest BCUT2D eigenvalue weighted by molar-refractivity contribution is 7.82. The molecule has 0 aromatic heterocycles. The lowest BCUT2D eigenvalue weighted by molar-refractivity contribution is 0.265. The number of hydrogen-bond acceptors (Lipinski definition) is 6. The van der Waals surface area contributed by atoms with Crippen LogP contribution in [0.3, 0.4) is 0 Å². The van der Waals surface area contributed by atoms with Crippen LogP contribution in [0.1, 0.15) is 71.1 Å². The van der Waals surface area contributed by atoms with Crippen LogP contribution in [0, 0.1) is 0 Å². The van der Waals surface area contributed by atoms with E-state index in [1.165, 1.54) is 44.9 Å². The second kappa shape index (κ2) is 18.2. The summed E-state index contributed by atoms with van der Waals surface area (Å²) < 4.78 is 32.9. The van der Waals surface area contributed by atoms with Gasteiger partial charge in [-0.15, -0.1) is 0 Å². The van der Waals surface area contributed by atoms with Gasteiger partial charge in [-0.2, -0.15) is 8.42 Å². The van der Waals surface area contributed by atoms with Crippen LogP contribution in [-0.2, 0) is 14.6 Å². The van der Waals surface area contributed by atoms with Crippen molar-refractivity contribution in [2.75, 3.05) is 19.8 Å². The average Bonchev–Trinajstić information content (AvgIpc) is 2.66. The summed E-state index contributed by atoms with van der Waals surface area (Å²) in [7, 11) is -3.94. The number of para-hydroxylation sites is 1. The van der Waals surface area contributed by atoms with Crippen LogP contribution in [0.15, 0.2) is 30.3 Å². The molecular weight excluding hydrogens is 366 g/mol. The van der Waals surface area contributed by atoms with Crippen LogP contribution in [0.4, 0.5) is 0 Å². The minimum absolute atomic E-state index is 0.0972. The molecule has 7 heteroatoms. The summed E-state index contributed by atoms with van der Waals surface area (Å²) in [5.74, 6) is 0.274. The molecule has 0 atom stereocenters. The highest BCUT2D eigenvalue weighted by Crippen LogP contribution is 2.13. The quantitative estimate of drug-likeness (QED) is 0.426. The topological polar surface area (TPSA) is 98.9 Å². The second-order valence-corrected chi connectivity index (χ2v) is 7.54. The molecule has 0 unspecified atom stereocenters. The smallest absolute Gasteiger partial charge is 0.395 e. The fraction of sp³-hybridized carbons (Fsp3) is 0.700. The Kier molecular flexibility index (Phi) is 17.4. The Hall–Kier alpha value is -1.15. The summed E-state index contributed by atoms with van der Waals surface area (Å²) in [6.45, 7) is 2.89. The number of rotatable bonds is 15. The van der Waals surface area contributed by atoms with Gasteiger partial charge in [0.15, 0.2) is 0 Å². The molecule has 27 heavy (non-hydrogen) atoms. The summed E-state index contributed by atoms with van der Waals surface area (Å²) in [6.07, 6.45) is 12.0. The normalized spacial score (nSPS) is 10.9. The first-order valence-electron chi connectivity index (χ1n) is 10.0. The number of benzene rings is 1. The van der Waals surface area contributed by atoms with Crippen molar-refractivity contribution in [1.82, 2.24) is 0 Å². The van der Waals surface area contributed by atoms with Gasteiger partial charge in [0.1, 0.15) is 5.75 Å². The maximum atomic E-state index is 11.6. The molecule has 3 N–H and O–H groups in total. The Morgan fingerprint density at radius 2 is 1.37 bits per heavy atom. The van der Waals surface area contributed by atoms with E-state index in [0.29, 0.717) is 6.54 Å².